The summed E-state index contributed by atoms with van der Waals surface area (Å²) < 4.78 is 7.71. The molecule has 46 heavy (non-hydrogen) atoms. The number of aromatic nitrogens is 2. The molecule has 2 heterocycles. The van der Waals surface area contributed by atoms with Crippen molar-refractivity contribution in [1.82, 2.24) is 20.0 Å². The first-order valence-electron chi connectivity index (χ1n) is 13.5. The molecule has 0 fully saturated rings. The monoisotopic (exact) mass is 706 g/mol. The number of carbonyl (C=O) groups is 4. The van der Waals surface area contributed by atoms with E-state index in [2.05, 4.69) is 20.9 Å². The average Bonchev–Trinajstić information content (AvgIpc) is 3.31. The Labute approximate surface area is 286 Å². The van der Waals surface area contributed by atoms with Crippen molar-refractivity contribution in [1.29, 1.82) is 0 Å². The Hall–Kier alpha value is -4.29. The summed E-state index contributed by atoms with van der Waals surface area (Å²) in [6.07, 6.45) is 4.63. The molecule has 0 radical (unpaired) electrons. The lowest BCUT2D eigenvalue weighted by Crippen LogP contribution is -2.37. The Morgan fingerprint density at radius 3 is 2.41 bits per heavy atom. The maximum atomic E-state index is 12.9. The van der Waals surface area contributed by atoms with E-state index in [9.17, 15) is 19.2 Å². The zero-order valence-corrected chi connectivity index (χ0v) is 28.0. The van der Waals surface area contributed by atoms with Crippen LogP contribution in [-0.4, -0.2) is 53.2 Å². The second kappa shape index (κ2) is 16.3. The number of aryl methyl sites for hydroxylation is 1. The fraction of sp³-hybridized carbons (Fsp3) is 0.194. The van der Waals surface area contributed by atoms with Gasteiger partial charge in [0.25, 0.3) is 0 Å². The van der Waals surface area contributed by atoms with Crippen LogP contribution in [0.4, 0.5) is 11.4 Å². The van der Waals surface area contributed by atoms with Gasteiger partial charge in [-0.3, -0.25) is 23.6 Å². The summed E-state index contributed by atoms with van der Waals surface area (Å²) in [7, 11) is 1.54. The predicted octanol–water partition coefficient (Wildman–Crippen LogP) is 5.47. The summed E-state index contributed by atoms with van der Waals surface area (Å²) in [4.78, 5) is 53.8. The molecule has 4 amide bonds. The summed E-state index contributed by atoms with van der Waals surface area (Å²) >= 11 is 19.4. The Morgan fingerprint density at radius 1 is 1.00 bits per heavy atom. The molecule has 0 spiro atoms. The summed E-state index contributed by atoms with van der Waals surface area (Å²) in [5.41, 5.74) is 3.28. The van der Waals surface area contributed by atoms with Crippen LogP contribution in [0.2, 0.25) is 15.2 Å². The molecule has 4 aromatic rings. The Bertz CT molecular complexity index is 1790. The van der Waals surface area contributed by atoms with Gasteiger partial charge in [-0.2, -0.15) is 0 Å². The topological polar surface area (TPSA) is 134 Å². The molecule has 0 saturated heterocycles. The lowest BCUT2D eigenvalue weighted by atomic mass is 10.2. The highest BCUT2D eigenvalue weighted by molar-refractivity contribution is 6.38. The lowest BCUT2D eigenvalue weighted by Gasteiger charge is -2.21. The van der Waals surface area contributed by atoms with E-state index < -0.39 is 11.8 Å². The molecular weight excluding hydrogens is 678 g/mol. The molecule has 0 aliphatic heterocycles. The molecule has 0 saturated carbocycles. The fourth-order valence-electron chi connectivity index (χ4n) is 4.10. The number of amides is 4. The van der Waals surface area contributed by atoms with Crippen LogP contribution in [0.5, 0.6) is 5.75 Å². The molecular formula is C31H30Cl4N6O5. The zero-order chi connectivity index (χ0) is 32.7. The number of ether oxygens (including phenoxy) is 1. The van der Waals surface area contributed by atoms with Crippen LogP contribution in [0.3, 0.4) is 0 Å². The quantitative estimate of drug-likeness (QED) is 0.177. The van der Waals surface area contributed by atoms with Crippen LogP contribution in [0.25, 0.3) is 11.7 Å². The van der Waals surface area contributed by atoms with E-state index in [0.717, 1.165) is 0 Å². The molecule has 0 bridgehead atoms. The van der Waals surface area contributed by atoms with Gasteiger partial charge in [-0.25, -0.2) is 4.98 Å². The van der Waals surface area contributed by atoms with Crippen molar-refractivity contribution in [3.63, 3.8) is 0 Å². The summed E-state index contributed by atoms with van der Waals surface area (Å²) in [6.45, 7) is 2.70. The number of benzene rings is 2. The fourth-order valence-corrected chi connectivity index (χ4v) is 4.89. The van der Waals surface area contributed by atoms with Crippen molar-refractivity contribution >= 4 is 93.9 Å². The van der Waals surface area contributed by atoms with Gasteiger partial charge in [-0.1, -0.05) is 46.9 Å². The zero-order valence-electron chi connectivity index (χ0n) is 24.9. The van der Waals surface area contributed by atoms with Crippen LogP contribution < -0.4 is 25.6 Å². The predicted molar refractivity (Wildman–Crippen MR) is 182 cm³/mol. The number of pyridine rings is 1. The number of carbonyl (C=O) groups excluding carboxylic acids is 4. The third kappa shape index (κ3) is 9.13. The molecule has 3 N–H and O–H groups in total. The van der Waals surface area contributed by atoms with Crippen molar-refractivity contribution in [2.24, 2.45) is 0 Å². The van der Waals surface area contributed by atoms with E-state index in [1.54, 1.807) is 72.1 Å². The Morgan fingerprint density at radius 2 is 1.72 bits per heavy atom. The highest BCUT2D eigenvalue weighted by atomic mass is 35.5. The number of halogens is 4. The molecule has 242 valence electrons. The van der Waals surface area contributed by atoms with E-state index >= 15 is 0 Å². The van der Waals surface area contributed by atoms with Crippen LogP contribution in [0.1, 0.15) is 23.7 Å². The van der Waals surface area contributed by atoms with E-state index in [-0.39, 0.29) is 48.9 Å². The first-order chi connectivity index (χ1) is 21.4. The van der Waals surface area contributed by atoms with Gasteiger partial charge in [0.05, 0.1) is 29.5 Å². The van der Waals surface area contributed by atoms with Crippen LogP contribution >= 0.6 is 47.2 Å². The van der Waals surface area contributed by atoms with E-state index in [1.807, 2.05) is 0 Å². The standard InChI is InChI=1S/C31H29Cl3N6O5.ClH/c1-18-30(34)40-14-4-5-25(31(40)37-18)45-17-22-23(32)11-12-24(29(22)33)39(3)28(44)16-36-26(42)13-8-20-6-9-21(10-7-20)38-27(43)15-35-19(2)41;/h4-14H,15-17H2,1-3H3,(H,35,41)(H,36,42)(H,38,43);1H/b13-8+;. The first kappa shape index (κ1) is 36.2. The molecule has 15 heteroatoms. The smallest absolute Gasteiger partial charge is 0.246 e. The van der Waals surface area contributed by atoms with Gasteiger partial charge in [-0.05, 0) is 55.0 Å². The van der Waals surface area contributed by atoms with Gasteiger partial charge in [0.1, 0.15) is 11.8 Å². The van der Waals surface area contributed by atoms with Crippen molar-refractivity contribution in [2.45, 2.75) is 20.5 Å². The molecule has 0 atom stereocenters. The van der Waals surface area contributed by atoms with Crippen molar-refractivity contribution in [3.8, 4) is 5.75 Å². The molecule has 4 rings (SSSR count). The van der Waals surface area contributed by atoms with E-state index in [1.165, 1.54) is 24.9 Å². The number of hydrogen-bond acceptors (Lipinski definition) is 6. The van der Waals surface area contributed by atoms with E-state index in [0.29, 0.717) is 49.8 Å². The molecule has 11 nitrogen and oxygen atoms in total. The number of likely N-dealkylation sites (N-methyl/N-ethyl adjacent to an activating group) is 1. The van der Waals surface area contributed by atoms with Gasteiger partial charge >= 0.3 is 0 Å². The van der Waals surface area contributed by atoms with E-state index in [4.69, 9.17) is 39.5 Å². The number of nitrogens with one attached hydrogen (secondary N) is 3. The Kier molecular flexibility index (Phi) is 12.8. The maximum Gasteiger partial charge on any atom is 0.246 e. The minimum Gasteiger partial charge on any atom is -0.485 e. The van der Waals surface area contributed by atoms with Crippen LogP contribution in [0, 0.1) is 6.92 Å². The second-order valence-electron chi connectivity index (χ2n) is 9.79. The average molecular weight is 708 g/mol. The normalized spacial score (nSPS) is 10.7. The second-order valence-corrected chi connectivity index (χ2v) is 10.9. The first-order valence-corrected chi connectivity index (χ1v) is 14.7. The summed E-state index contributed by atoms with van der Waals surface area (Å²) in [5, 5.41) is 8.68. The number of nitrogens with zero attached hydrogens (tertiary/aromatic N) is 3. The SMILES string of the molecule is CC(=O)NCC(=O)Nc1ccc(/C=C/C(=O)NCC(=O)N(C)c2ccc(Cl)c(COc3cccn4c(Cl)c(C)nc34)c2Cl)cc1.Cl. The Balaban J connectivity index is 0.00000576. The molecule has 2 aromatic carbocycles. The third-order valence-electron chi connectivity index (χ3n) is 6.52. The summed E-state index contributed by atoms with van der Waals surface area (Å²) in [5.74, 6) is -1.09. The van der Waals surface area contributed by atoms with Gasteiger partial charge in [-0.15, -0.1) is 12.4 Å². The van der Waals surface area contributed by atoms with Crippen molar-refractivity contribution < 1.29 is 23.9 Å². The highest BCUT2D eigenvalue weighted by Crippen LogP contribution is 2.35. The third-order valence-corrected chi connectivity index (χ3v) is 7.75. The van der Waals surface area contributed by atoms with Gasteiger partial charge in [0.15, 0.2) is 11.4 Å². The lowest BCUT2D eigenvalue weighted by molar-refractivity contribution is -0.122. The largest absolute Gasteiger partial charge is 0.485 e. The number of fused-ring (bicyclic) bond motifs is 1. The number of imidazole rings is 1. The highest BCUT2D eigenvalue weighted by Gasteiger charge is 2.20. The van der Waals surface area contributed by atoms with Crippen molar-refractivity contribution in [2.75, 3.05) is 30.4 Å². The maximum absolute atomic E-state index is 12.9. The van der Waals surface area contributed by atoms with Gasteiger partial charge < -0.3 is 25.6 Å². The summed E-state index contributed by atoms with van der Waals surface area (Å²) in [6, 6.07) is 13.5. The minimum absolute atomic E-state index is 0. The molecule has 0 aliphatic carbocycles. The van der Waals surface area contributed by atoms with Gasteiger partial charge in [0.2, 0.25) is 23.6 Å². The molecule has 2 aromatic heterocycles. The number of anilines is 2. The van der Waals surface area contributed by atoms with Gasteiger partial charge in [0, 0.05) is 42.5 Å². The van der Waals surface area contributed by atoms with Crippen LogP contribution in [-0.2, 0) is 25.8 Å². The number of rotatable bonds is 11. The molecule has 0 aliphatic rings. The minimum atomic E-state index is -0.482. The van der Waals surface area contributed by atoms with Crippen LogP contribution in [0.15, 0.2) is 60.8 Å². The van der Waals surface area contributed by atoms with Crippen molar-refractivity contribution in [3.05, 3.63) is 92.8 Å². The molecule has 0 unspecified atom stereocenters. The number of hydrogen-bond donors (Lipinski definition) is 3.